The second kappa shape index (κ2) is 6.79. The highest BCUT2D eigenvalue weighted by Gasteiger charge is 2.38. The molecule has 2 aromatic heterocycles. The van der Waals surface area contributed by atoms with E-state index in [0.717, 1.165) is 39.2 Å². The summed E-state index contributed by atoms with van der Waals surface area (Å²) >= 11 is 7.52. The third-order valence-electron chi connectivity index (χ3n) is 4.61. The second-order valence-corrected chi connectivity index (χ2v) is 7.80. The molecule has 9 heteroatoms. The van der Waals surface area contributed by atoms with Crippen LogP contribution in [0, 0.1) is 13.8 Å². The number of nitrogens with one attached hydrogen (secondary N) is 1. The van der Waals surface area contributed by atoms with Gasteiger partial charge in [-0.15, -0.1) is 10.2 Å². The zero-order valence-electron chi connectivity index (χ0n) is 15.3. The van der Waals surface area contributed by atoms with Gasteiger partial charge in [-0.25, -0.2) is 0 Å². The quantitative estimate of drug-likeness (QED) is 0.700. The number of aryl methyl sites for hydroxylation is 2. The monoisotopic (exact) mass is 401 g/mol. The lowest BCUT2D eigenvalue weighted by Crippen LogP contribution is -2.42. The van der Waals surface area contributed by atoms with Crippen LogP contribution in [0.15, 0.2) is 29.3 Å². The summed E-state index contributed by atoms with van der Waals surface area (Å²) in [6, 6.07) is 7.69. The third kappa shape index (κ3) is 2.98. The van der Waals surface area contributed by atoms with E-state index in [1.54, 1.807) is 0 Å². The molecular weight excluding hydrogens is 382 g/mol. The second-order valence-electron chi connectivity index (χ2n) is 6.61. The molecular formula is C18H20ClN7S. The first kappa shape index (κ1) is 18.2. The Kier molecular flexibility index (Phi) is 4.59. The highest BCUT2D eigenvalue weighted by molar-refractivity contribution is 7.09. The van der Waals surface area contributed by atoms with Crippen LogP contribution < -0.4 is 11.1 Å². The van der Waals surface area contributed by atoms with Crippen LogP contribution in [-0.4, -0.2) is 37.9 Å². The third-order valence-corrected chi connectivity index (χ3v) is 5.79. The number of rotatable bonds is 4. The minimum absolute atomic E-state index is 0.497. The number of aromatic nitrogens is 4. The van der Waals surface area contributed by atoms with Gasteiger partial charge in [-0.2, -0.15) is 4.37 Å². The molecule has 1 aromatic carbocycles. The maximum Gasteiger partial charge on any atom is 0.180 e. The molecule has 1 unspecified atom stereocenters. The molecule has 27 heavy (non-hydrogen) atoms. The van der Waals surface area contributed by atoms with Crippen LogP contribution in [0.4, 0.5) is 0 Å². The Bertz CT molecular complexity index is 1020. The predicted molar refractivity (Wildman–Crippen MR) is 108 cm³/mol. The fourth-order valence-corrected chi connectivity index (χ4v) is 4.36. The van der Waals surface area contributed by atoms with Gasteiger partial charge in [-0.05, 0) is 44.4 Å². The number of hydrogen-bond acceptors (Lipinski definition) is 7. The molecule has 3 N–H and O–H groups in total. The summed E-state index contributed by atoms with van der Waals surface area (Å²) in [5, 5.41) is 13.8. The maximum atomic E-state index is 6.10. The van der Waals surface area contributed by atoms with Gasteiger partial charge in [0.2, 0.25) is 0 Å². The molecule has 140 valence electrons. The largest absolute Gasteiger partial charge is 0.329 e. The lowest BCUT2D eigenvalue weighted by Gasteiger charge is -2.25. The van der Waals surface area contributed by atoms with Crippen LogP contribution in [0.25, 0.3) is 5.00 Å². The Morgan fingerprint density at radius 3 is 2.67 bits per heavy atom. The molecule has 0 radical (unpaired) electrons. The van der Waals surface area contributed by atoms with E-state index in [0.29, 0.717) is 18.1 Å². The fourth-order valence-electron chi connectivity index (χ4n) is 3.28. The van der Waals surface area contributed by atoms with Gasteiger partial charge in [0.15, 0.2) is 11.5 Å². The molecule has 0 saturated heterocycles. The maximum absolute atomic E-state index is 6.10. The highest BCUT2D eigenvalue weighted by Crippen LogP contribution is 2.36. The van der Waals surface area contributed by atoms with Gasteiger partial charge >= 0.3 is 0 Å². The molecule has 0 bridgehead atoms. The van der Waals surface area contributed by atoms with Gasteiger partial charge in [0, 0.05) is 23.7 Å². The van der Waals surface area contributed by atoms with Crippen molar-refractivity contribution in [3.63, 3.8) is 0 Å². The highest BCUT2D eigenvalue weighted by atomic mass is 35.5. The normalized spacial score (nSPS) is 18.6. The van der Waals surface area contributed by atoms with Gasteiger partial charge in [-0.1, -0.05) is 23.7 Å². The zero-order valence-corrected chi connectivity index (χ0v) is 16.9. The standard InChI is InChI=1S/C18H20ClN7S/c1-10-14-15(12-4-6-13(19)7-5-12)22-18(3,21-9-8-20)17-24-23-11(2)26(17)16(14)27-25-10/h4-7,21H,8-9,20H2,1-3H3. The first-order valence-corrected chi connectivity index (χ1v) is 9.80. The summed E-state index contributed by atoms with van der Waals surface area (Å²) in [6.07, 6.45) is 0. The van der Waals surface area contributed by atoms with E-state index < -0.39 is 5.66 Å². The SMILES string of the molecule is Cc1nsc2c1C(c1ccc(Cl)cc1)=NC(C)(NCCN)c1nnc(C)n1-2. The summed E-state index contributed by atoms with van der Waals surface area (Å²) in [5.74, 6) is 1.52. The van der Waals surface area contributed by atoms with Crippen molar-refractivity contribution in [3.05, 3.63) is 57.8 Å². The average Bonchev–Trinajstić information content (AvgIpc) is 3.18. The Balaban J connectivity index is 2.02. The molecule has 3 heterocycles. The molecule has 0 amide bonds. The number of benzene rings is 1. The Hall–Kier alpha value is -2.13. The summed E-state index contributed by atoms with van der Waals surface area (Å²) in [4.78, 5) is 5.12. The molecule has 0 saturated carbocycles. The molecule has 1 aliphatic heterocycles. The lowest BCUT2D eigenvalue weighted by atomic mass is 10.0. The number of aliphatic imine (C=N–C) groups is 1. The molecule has 1 atom stereocenters. The average molecular weight is 402 g/mol. The van der Waals surface area contributed by atoms with Crippen molar-refractivity contribution in [2.24, 2.45) is 10.7 Å². The first-order valence-electron chi connectivity index (χ1n) is 8.65. The van der Waals surface area contributed by atoms with Gasteiger partial charge in [0.05, 0.1) is 17.0 Å². The van der Waals surface area contributed by atoms with Gasteiger partial charge in [0.1, 0.15) is 10.8 Å². The molecule has 7 nitrogen and oxygen atoms in total. The number of hydrogen-bond donors (Lipinski definition) is 2. The number of nitrogens with two attached hydrogens (primary N) is 1. The van der Waals surface area contributed by atoms with Gasteiger partial charge < -0.3 is 5.73 Å². The van der Waals surface area contributed by atoms with Crippen molar-refractivity contribution in [3.8, 4) is 5.00 Å². The fraction of sp³-hybridized carbons (Fsp3) is 0.333. The van der Waals surface area contributed by atoms with Gasteiger partial charge in [0.25, 0.3) is 0 Å². The molecule has 0 spiro atoms. The number of halogens is 1. The van der Waals surface area contributed by atoms with Crippen LogP contribution in [-0.2, 0) is 5.66 Å². The minimum Gasteiger partial charge on any atom is -0.329 e. The molecule has 0 fully saturated rings. The zero-order chi connectivity index (χ0) is 19.2. The summed E-state index contributed by atoms with van der Waals surface area (Å²) in [7, 11) is 0. The van der Waals surface area contributed by atoms with Crippen LogP contribution in [0.5, 0.6) is 0 Å². The Morgan fingerprint density at radius 1 is 1.22 bits per heavy atom. The van der Waals surface area contributed by atoms with Gasteiger partial charge in [-0.3, -0.25) is 14.9 Å². The van der Waals surface area contributed by atoms with Crippen LogP contribution in [0.3, 0.4) is 0 Å². The Morgan fingerprint density at radius 2 is 1.96 bits per heavy atom. The van der Waals surface area contributed by atoms with Crippen molar-refractivity contribution in [2.75, 3.05) is 13.1 Å². The van der Waals surface area contributed by atoms with E-state index in [1.165, 1.54) is 11.5 Å². The van der Waals surface area contributed by atoms with Crippen LogP contribution in [0.1, 0.15) is 35.4 Å². The van der Waals surface area contributed by atoms with Crippen molar-refractivity contribution in [1.82, 2.24) is 24.5 Å². The smallest absolute Gasteiger partial charge is 0.180 e. The topological polar surface area (TPSA) is 94.0 Å². The van der Waals surface area contributed by atoms with E-state index in [-0.39, 0.29) is 0 Å². The van der Waals surface area contributed by atoms with E-state index in [9.17, 15) is 0 Å². The summed E-state index contributed by atoms with van der Waals surface area (Å²) in [5.41, 5.74) is 8.70. The summed E-state index contributed by atoms with van der Waals surface area (Å²) in [6.45, 7) is 7.03. The van der Waals surface area contributed by atoms with Crippen molar-refractivity contribution in [2.45, 2.75) is 26.4 Å². The number of nitrogens with zero attached hydrogens (tertiary/aromatic N) is 5. The molecule has 3 aromatic rings. The molecule has 4 rings (SSSR count). The molecule has 0 aliphatic carbocycles. The Labute approximate surface area is 166 Å². The van der Waals surface area contributed by atoms with E-state index >= 15 is 0 Å². The minimum atomic E-state index is -0.777. The van der Waals surface area contributed by atoms with Crippen molar-refractivity contribution >= 4 is 28.8 Å². The van der Waals surface area contributed by atoms with Crippen LogP contribution >= 0.6 is 23.1 Å². The first-order chi connectivity index (χ1) is 12.9. The van der Waals surface area contributed by atoms with E-state index in [1.807, 2.05) is 49.6 Å². The number of fused-ring (bicyclic) bond motifs is 3. The van der Waals surface area contributed by atoms with Crippen molar-refractivity contribution < 1.29 is 0 Å². The van der Waals surface area contributed by atoms with Crippen LogP contribution in [0.2, 0.25) is 5.02 Å². The summed E-state index contributed by atoms with van der Waals surface area (Å²) < 4.78 is 6.62. The van der Waals surface area contributed by atoms with E-state index in [4.69, 9.17) is 22.3 Å². The van der Waals surface area contributed by atoms with E-state index in [2.05, 4.69) is 19.9 Å². The lowest BCUT2D eigenvalue weighted by molar-refractivity contribution is 0.363. The predicted octanol–water partition coefficient (Wildman–Crippen LogP) is 2.57. The van der Waals surface area contributed by atoms with Crippen molar-refractivity contribution in [1.29, 1.82) is 0 Å². The molecule has 1 aliphatic rings.